The summed E-state index contributed by atoms with van der Waals surface area (Å²) in [7, 11) is 1.40. The van der Waals surface area contributed by atoms with E-state index in [9.17, 15) is 4.79 Å². The first-order valence-electron chi connectivity index (χ1n) is 3.46. The summed E-state index contributed by atoms with van der Waals surface area (Å²) in [6, 6.07) is 1.25. The number of carboxylic acid groups (broad SMARTS) is 1. The number of aromatic nitrogens is 2. The van der Waals surface area contributed by atoms with Gasteiger partial charge in [0, 0.05) is 6.07 Å². The maximum Gasteiger partial charge on any atom is 0.354 e. The summed E-state index contributed by atoms with van der Waals surface area (Å²) < 4.78 is 4.79. The van der Waals surface area contributed by atoms with Crippen LogP contribution in [0, 0.1) is 0 Å². The fraction of sp³-hybridized carbons (Fsp3) is 0.125. The number of nitrogens with zero attached hydrogens (tertiary/aromatic N) is 2. The molecule has 0 bridgehead atoms. The van der Waals surface area contributed by atoms with E-state index >= 15 is 0 Å². The summed E-state index contributed by atoms with van der Waals surface area (Å²) in [4.78, 5) is 18.1. The molecule has 0 radical (unpaired) electrons. The van der Waals surface area contributed by atoms with E-state index in [1.165, 1.54) is 19.3 Å². The fourth-order valence-corrected chi connectivity index (χ4v) is 0.748. The first-order chi connectivity index (χ1) is 6.17. The number of aromatic carboxylic acids is 1. The molecule has 1 aromatic heterocycles. The first-order valence-corrected chi connectivity index (χ1v) is 3.46. The molecule has 0 unspecified atom stereocenters. The number of carboxylic acids is 1. The van der Waals surface area contributed by atoms with Crippen molar-refractivity contribution in [2.75, 3.05) is 7.11 Å². The monoisotopic (exact) mass is 180 g/mol. The third-order valence-corrected chi connectivity index (χ3v) is 1.33. The molecule has 0 saturated heterocycles. The number of hydrogen-bond donors (Lipinski definition) is 1. The van der Waals surface area contributed by atoms with Crippen LogP contribution in [0.3, 0.4) is 0 Å². The molecule has 0 atom stereocenters. The van der Waals surface area contributed by atoms with Crippen LogP contribution in [-0.2, 0) is 0 Å². The van der Waals surface area contributed by atoms with Gasteiger partial charge in [0.1, 0.15) is 0 Å². The van der Waals surface area contributed by atoms with Crippen molar-refractivity contribution in [1.29, 1.82) is 0 Å². The van der Waals surface area contributed by atoms with Gasteiger partial charge in [-0.05, 0) is 6.08 Å². The van der Waals surface area contributed by atoms with Crippen LogP contribution in [0.5, 0.6) is 5.88 Å². The lowest BCUT2D eigenvalue weighted by molar-refractivity contribution is 0.0689. The van der Waals surface area contributed by atoms with Crippen molar-refractivity contribution in [2.45, 2.75) is 0 Å². The minimum absolute atomic E-state index is 0.109. The smallest absolute Gasteiger partial charge is 0.354 e. The SMILES string of the molecule is C=Cc1nc(OC)cc(C(=O)O)n1. The van der Waals surface area contributed by atoms with Crippen LogP contribution < -0.4 is 4.74 Å². The van der Waals surface area contributed by atoms with Crippen molar-refractivity contribution in [1.82, 2.24) is 9.97 Å². The van der Waals surface area contributed by atoms with Crippen LogP contribution in [0.25, 0.3) is 6.08 Å². The van der Waals surface area contributed by atoms with Crippen molar-refractivity contribution in [3.05, 3.63) is 24.2 Å². The number of hydrogen-bond acceptors (Lipinski definition) is 4. The van der Waals surface area contributed by atoms with Gasteiger partial charge in [-0.25, -0.2) is 9.78 Å². The van der Waals surface area contributed by atoms with E-state index in [4.69, 9.17) is 9.84 Å². The zero-order valence-electron chi connectivity index (χ0n) is 7.02. The molecule has 0 fully saturated rings. The maximum atomic E-state index is 10.6. The van der Waals surface area contributed by atoms with Gasteiger partial charge < -0.3 is 9.84 Å². The molecule has 1 rings (SSSR count). The van der Waals surface area contributed by atoms with Gasteiger partial charge in [-0.3, -0.25) is 0 Å². The largest absolute Gasteiger partial charge is 0.481 e. The van der Waals surface area contributed by atoms with Gasteiger partial charge in [0.15, 0.2) is 11.5 Å². The lowest BCUT2D eigenvalue weighted by atomic mass is 10.4. The molecule has 13 heavy (non-hydrogen) atoms. The number of carbonyl (C=O) groups is 1. The molecule has 1 heterocycles. The van der Waals surface area contributed by atoms with Crippen molar-refractivity contribution in [3.8, 4) is 5.88 Å². The van der Waals surface area contributed by atoms with Crippen LogP contribution in [0.4, 0.5) is 0 Å². The average Bonchev–Trinajstić information content (AvgIpc) is 2.16. The van der Waals surface area contributed by atoms with Crippen molar-refractivity contribution in [3.63, 3.8) is 0 Å². The van der Waals surface area contributed by atoms with Crippen molar-refractivity contribution < 1.29 is 14.6 Å². The highest BCUT2D eigenvalue weighted by atomic mass is 16.5. The van der Waals surface area contributed by atoms with E-state index < -0.39 is 5.97 Å². The topological polar surface area (TPSA) is 72.3 Å². The Hall–Kier alpha value is -1.91. The van der Waals surface area contributed by atoms with Gasteiger partial charge in [-0.15, -0.1) is 0 Å². The normalized spacial score (nSPS) is 9.31. The molecule has 0 saturated carbocycles. The Kier molecular flexibility index (Phi) is 2.59. The molecule has 0 aliphatic rings. The zero-order chi connectivity index (χ0) is 9.84. The molecule has 68 valence electrons. The summed E-state index contributed by atoms with van der Waals surface area (Å²) in [5.41, 5.74) is -0.109. The number of rotatable bonds is 3. The van der Waals surface area contributed by atoms with E-state index in [1.807, 2.05) is 0 Å². The summed E-state index contributed by atoms with van der Waals surface area (Å²) >= 11 is 0. The predicted molar refractivity (Wildman–Crippen MR) is 45.6 cm³/mol. The molecule has 1 N–H and O–H groups in total. The lowest BCUT2D eigenvalue weighted by Gasteiger charge is -2.00. The third-order valence-electron chi connectivity index (χ3n) is 1.33. The van der Waals surface area contributed by atoms with Crippen LogP contribution in [0.1, 0.15) is 16.3 Å². The highest BCUT2D eigenvalue weighted by Gasteiger charge is 2.08. The van der Waals surface area contributed by atoms with E-state index in [-0.39, 0.29) is 17.4 Å². The molecule has 1 aromatic rings. The standard InChI is InChI=1S/C8H8N2O3/c1-3-6-9-5(8(11)12)4-7(10-6)13-2/h3-4H,1H2,2H3,(H,11,12). The number of ether oxygens (including phenoxy) is 1. The lowest BCUT2D eigenvalue weighted by Crippen LogP contribution is -2.04. The predicted octanol–water partition coefficient (Wildman–Crippen LogP) is 0.826. The molecular formula is C8H8N2O3. The summed E-state index contributed by atoms with van der Waals surface area (Å²) in [6.45, 7) is 3.43. The van der Waals surface area contributed by atoms with Gasteiger partial charge >= 0.3 is 5.97 Å². The summed E-state index contributed by atoms with van der Waals surface area (Å²) in [5.74, 6) is -0.678. The molecular weight excluding hydrogens is 172 g/mol. The summed E-state index contributed by atoms with van der Waals surface area (Å²) in [6.07, 6.45) is 1.36. The van der Waals surface area contributed by atoms with Gasteiger partial charge in [0.25, 0.3) is 0 Å². The Balaban J connectivity index is 3.22. The first kappa shape index (κ1) is 9.18. The number of methoxy groups -OCH3 is 1. The molecule has 5 nitrogen and oxygen atoms in total. The molecule has 0 aliphatic heterocycles. The second-order valence-corrected chi connectivity index (χ2v) is 2.16. The molecule has 0 aromatic carbocycles. The second-order valence-electron chi connectivity index (χ2n) is 2.16. The van der Waals surface area contributed by atoms with Crippen molar-refractivity contribution >= 4 is 12.0 Å². The second kappa shape index (κ2) is 3.66. The third kappa shape index (κ3) is 2.02. The van der Waals surface area contributed by atoms with Crippen LogP contribution in [-0.4, -0.2) is 28.2 Å². The van der Waals surface area contributed by atoms with Crippen LogP contribution >= 0.6 is 0 Å². The molecule has 5 heteroatoms. The Bertz CT molecular complexity index is 349. The van der Waals surface area contributed by atoms with Gasteiger partial charge in [0.2, 0.25) is 5.88 Å². The molecule has 0 spiro atoms. The zero-order valence-corrected chi connectivity index (χ0v) is 7.02. The van der Waals surface area contributed by atoms with E-state index in [0.29, 0.717) is 0 Å². The Labute approximate surface area is 74.7 Å². The van der Waals surface area contributed by atoms with Gasteiger partial charge in [-0.2, -0.15) is 4.98 Å². The van der Waals surface area contributed by atoms with Crippen molar-refractivity contribution in [2.24, 2.45) is 0 Å². The quantitative estimate of drug-likeness (QED) is 0.745. The van der Waals surface area contributed by atoms with Gasteiger partial charge in [-0.1, -0.05) is 6.58 Å². The van der Waals surface area contributed by atoms with Gasteiger partial charge in [0.05, 0.1) is 7.11 Å². The van der Waals surface area contributed by atoms with E-state index in [0.717, 1.165) is 0 Å². The van der Waals surface area contributed by atoms with E-state index in [2.05, 4.69) is 16.5 Å². The highest BCUT2D eigenvalue weighted by molar-refractivity contribution is 5.85. The molecule has 0 amide bonds. The summed E-state index contributed by atoms with van der Waals surface area (Å²) in [5, 5.41) is 8.64. The van der Waals surface area contributed by atoms with Crippen LogP contribution in [0.15, 0.2) is 12.6 Å². The van der Waals surface area contributed by atoms with E-state index in [1.54, 1.807) is 0 Å². The van der Waals surface area contributed by atoms with Crippen LogP contribution in [0.2, 0.25) is 0 Å². The molecule has 0 aliphatic carbocycles. The minimum Gasteiger partial charge on any atom is -0.481 e. The highest BCUT2D eigenvalue weighted by Crippen LogP contribution is 2.09. The Morgan fingerprint density at radius 1 is 1.69 bits per heavy atom. The Morgan fingerprint density at radius 2 is 2.38 bits per heavy atom. The fourth-order valence-electron chi connectivity index (χ4n) is 0.748. The minimum atomic E-state index is -1.12. The maximum absolute atomic E-state index is 10.6. The Morgan fingerprint density at radius 3 is 2.85 bits per heavy atom. The average molecular weight is 180 g/mol.